The van der Waals surface area contributed by atoms with Crippen LogP contribution in [0.4, 0.5) is 0 Å². The Balaban J connectivity index is 3.54. The monoisotopic (exact) mass is 187 g/mol. The van der Waals surface area contributed by atoms with Crippen LogP contribution in [0.5, 0.6) is 0 Å². The lowest BCUT2D eigenvalue weighted by Gasteiger charge is -2.20. The Morgan fingerprint density at radius 3 is 1.92 bits per heavy atom. The molecule has 13 heavy (non-hydrogen) atoms. The van der Waals surface area contributed by atoms with E-state index in [0.717, 1.165) is 25.9 Å². The summed E-state index contributed by atoms with van der Waals surface area (Å²) in [6.07, 6.45) is 5.78. The second-order valence-electron chi connectivity index (χ2n) is 3.83. The van der Waals surface area contributed by atoms with E-state index in [4.69, 9.17) is 17.2 Å². The SMILES string of the molecule is CC(N)C(CCCN)CCCCN. The zero-order valence-electron chi connectivity index (χ0n) is 8.84. The van der Waals surface area contributed by atoms with Crippen LogP contribution in [-0.4, -0.2) is 19.1 Å². The first-order valence-corrected chi connectivity index (χ1v) is 5.38. The lowest BCUT2D eigenvalue weighted by molar-refractivity contribution is 0.366. The topological polar surface area (TPSA) is 78.1 Å². The molecule has 0 amide bonds. The molecule has 0 radical (unpaired) electrons. The molecule has 0 bridgehead atoms. The van der Waals surface area contributed by atoms with Gasteiger partial charge in [0.25, 0.3) is 0 Å². The van der Waals surface area contributed by atoms with Crippen molar-refractivity contribution >= 4 is 0 Å². The van der Waals surface area contributed by atoms with Gasteiger partial charge in [-0.1, -0.05) is 6.42 Å². The van der Waals surface area contributed by atoms with Gasteiger partial charge >= 0.3 is 0 Å². The number of nitrogens with two attached hydrogens (primary N) is 3. The van der Waals surface area contributed by atoms with Gasteiger partial charge in [-0.05, 0) is 51.6 Å². The Kier molecular flexibility index (Phi) is 8.40. The summed E-state index contributed by atoms with van der Waals surface area (Å²) < 4.78 is 0. The van der Waals surface area contributed by atoms with Crippen molar-refractivity contribution in [3.05, 3.63) is 0 Å². The molecule has 0 aliphatic rings. The summed E-state index contributed by atoms with van der Waals surface area (Å²) in [5.41, 5.74) is 16.8. The molecule has 2 atom stereocenters. The van der Waals surface area contributed by atoms with Crippen LogP contribution in [-0.2, 0) is 0 Å². The highest BCUT2D eigenvalue weighted by Crippen LogP contribution is 2.17. The Hall–Kier alpha value is -0.120. The highest BCUT2D eigenvalue weighted by atomic mass is 14.6. The first-order valence-electron chi connectivity index (χ1n) is 5.38. The second kappa shape index (κ2) is 8.48. The van der Waals surface area contributed by atoms with Crippen LogP contribution >= 0.6 is 0 Å². The van der Waals surface area contributed by atoms with Crippen LogP contribution in [0.1, 0.15) is 39.0 Å². The van der Waals surface area contributed by atoms with Crippen LogP contribution < -0.4 is 17.2 Å². The minimum absolute atomic E-state index is 0.296. The normalized spacial score (nSPS) is 15.7. The van der Waals surface area contributed by atoms with Crippen molar-refractivity contribution in [3.63, 3.8) is 0 Å². The van der Waals surface area contributed by atoms with Gasteiger partial charge in [0.15, 0.2) is 0 Å². The maximum Gasteiger partial charge on any atom is 0.00387 e. The summed E-state index contributed by atoms with van der Waals surface area (Å²) in [7, 11) is 0. The molecule has 3 heteroatoms. The van der Waals surface area contributed by atoms with Gasteiger partial charge in [0.1, 0.15) is 0 Å². The molecule has 0 aliphatic carbocycles. The summed E-state index contributed by atoms with van der Waals surface area (Å²) in [6.45, 7) is 3.66. The van der Waals surface area contributed by atoms with Gasteiger partial charge < -0.3 is 17.2 Å². The van der Waals surface area contributed by atoms with Crippen molar-refractivity contribution in [2.24, 2.45) is 23.1 Å². The molecule has 0 saturated heterocycles. The first kappa shape index (κ1) is 12.9. The average Bonchev–Trinajstić information content (AvgIpc) is 2.10. The van der Waals surface area contributed by atoms with Gasteiger partial charge in [0.2, 0.25) is 0 Å². The van der Waals surface area contributed by atoms with Crippen LogP contribution in [0.3, 0.4) is 0 Å². The van der Waals surface area contributed by atoms with E-state index in [-0.39, 0.29) is 0 Å². The van der Waals surface area contributed by atoms with Crippen molar-refractivity contribution in [1.82, 2.24) is 0 Å². The number of hydrogen-bond acceptors (Lipinski definition) is 3. The standard InChI is InChI=1S/C10H25N3/c1-9(13)10(6-4-8-12)5-2-3-7-11/h9-10H,2-8,11-13H2,1H3. The fourth-order valence-corrected chi connectivity index (χ4v) is 1.60. The number of rotatable bonds is 8. The van der Waals surface area contributed by atoms with Gasteiger partial charge in [-0.25, -0.2) is 0 Å². The quantitative estimate of drug-likeness (QED) is 0.492. The molecule has 0 rings (SSSR count). The van der Waals surface area contributed by atoms with Crippen LogP contribution in [0.2, 0.25) is 0 Å². The molecular formula is C10H25N3. The molecule has 0 aliphatic heterocycles. The molecule has 0 spiro atoms. The van der Waals surface area contributed by atoms with Gasteiger partial charge in [0.05, 0.1) is 0 Å². The minimum Gasteiger partial charge on any atom is -0.330 e. The van der Waals surface area contributed by atoms with Gasteiger partial charge in [-0.15, -0.1) is 0 Å². The van der Waals surface area contributed by atoms with Crippen molar-refractivity contribution in [2.45, 2.75) is 45.1 Å². The summed E-state index contributed by atoms with van der Waals surface area (Å²) in [4.78, 5) is 0. The molecule has 0 saturated carbocycles. The first-order chi connectivity index (χ1) is 6.22. The third kappa shape index (κ3) is 6.99. The molecule has 2 unspecified atom stereocenters. The molecular weight excluding hydrogens is 162 g/mol. The lowest BCUT2D eigenvalue weighted by Crippen LogP contribution is -2.27. The Morgan fingerprint density at radius 2 is 1.46 bits per heavy atom. The Labute approximate surface area is 82.0 Å². The van der Waals surface area contributed by atoms with E-state index in [0.29, 0.717) is 12.0 Å². The number of unbranched alkanes of at least 4 members (excludes halogenated alkanes) is 1. The van der Waals surface area contributed by atoms with Crippen LogP contribution in [0.25, 0.3) is 0 Å². The highest BCUT2D eigenvalue weighted by Gasteiger charge is 2.12. The maximum atomic E-state index is 5.89. The van der Waals surface area contributed by atoms with E-state index >= 15 is 0 Å². The van der Waals surface area contributed by atoms with Crippen molar-refractivity contribution in [1.29, 1.82) is 0 Å². The fourth-order valence-electron chi connectivity index (χ4n) is 1.60. The molecule has 3 nitrogen and oxygen atoms in total. The van der Waals surface area contributed by atoms with Crippen molar-refractivity contribution in [2.75, 3.05) is 13.1 Å². The van der Waals surface area contributed by atoms with Crippen LogP contribution in [0, 0.1) is 5.92 Å². The maximum absolute atomic E-state index is 5.89. The fraction of sp³-hybridized carbons (Fsp3) is 1.00. The highest BCUT2D eigenvalue weighted by molar-refractivity contribution is 4.69. The zero-order chi connectivity index (χ0) is 10.1. The minimum atomic E-state index is 0.296. The summed E-state index contributed by atoms with van der Waals surface area (Å²) in [6, 6.07) is 0.296. The van der Waals surface area contributed by atoms with Crippen molar-refractivity contribution in [3.8, 4) is 0 Å². The van der Waals surface area contributed by atoms with Crippen LogP contribution in [0.15, 0.2) is 0 Å². The van der Waals surface area contributed by atoms with E-state index in [1.165, 1.54) is 19.3 Å². The summed E-state index contributed by atoms with van der Waals surface area (Å²) in [5, 5.41) is 0. The second-order valence-corrected chi connectivity index (χ2v) is 3.83. The predicted octanol–water partition coefficient (Wildman–Crippen LogP) is 0.818. The molecule has 80 valence electrons. The Bertz CT molecular complexity index is 104. The van der Waals surface area contributed by atoms with Gasteiger partial charge in [-0.3, -0.25) is 0 Å². The molecule has 0 aromatic rings. The average molecular weight is 187 g/mol. The molecule has 0 fully saturated rings. The van der Waals surface area contributed by atoms with E-state index in [2.05, 4.69) is 6.92 Å². The number of hydrogen-bond donors (Lipinski definition) is 3. The van der Waals surface area contributed by atoms with E-state index < -0.39 is 0 Å². The van der Waals surface area contributed by atoms with E-state index in [1.807, 2.05) is 0 Å². The van der Waals surface area contributed by atoms with Gasteiger partial charge in [0, 0.05) is 6.04 Å². The third-order valence-corrected chi connectivity index (χ3v) is 2.55. The summed E-state index contributed by atoms with van der Waals surface area (Å²) >= 11 is 0. The van der Waals surface area contributed by atoms with Gasteiger partial charge in [-0.2, -0.15) is 0 Å². The molecule has 0 aromatic carbocycles. The molecule has 6 N–H and O–H groups in total. The third-order valence-electron chi connectivity index (χ3n) is 2.55. The zero-order valence-corrected chi connectivity index (χ0v) is 8.84. The molecule has 0 heterocycles. The summed E-state index contributed by atoms with van der Waals surface area (Å²) in [5.74, 6) is 0.634. The van der Waals surface area contributed by atoms with Crippen molar-refractivity contribution < 1.29 is 0 Å². The molecule has 0 aromatic heterocycles. The largest absolute Gasteiger partial charge is 0.330 e. The van der Waals surface area contributed by atoms with E-state index in [1.54, 1.807) is 0 Å². The predicted molar refractivity (Wildman–Crippen MR) is 58.3 cm³/mol. The smallest absolute Gasteiger partial charge is 0.00387 e. The lowest BCUT2D eigenvalue weighted by atomic mass is 9.91. The van der Waals surface area contributed by atoms with E-state index in [9.17, 15) is 0 Å². The Morgan fingerprint density at radius 1 is 0.923 bits per heavy atom.